The molecule has 0 bridgehead atoms. The molecule has 1 rings (SSSR count). The number of carbonyl (C=O) groups is 1. The van der Waals surface area contributed by atoms with Crippen LogP contribution in [0.2, 0.25) is 0 Å². The Bertz CT molecular complexity index is 343. The number of hydrogen-bond acceptors (Lipinski definition) is 4. The first kappa shape index (κ1) is 12.5. The molecule has 0 radical (unpaired) electrons. The van der Waals surface area contributed by atoms with Crippen molar-refractivity contribution in [3.05, 3.63) is 29.8 Å². The van der Waals surface area contributed by atoms with E-state index in [0.717, 1.165) is 5.56 Å². The smallest absolute Gasteiger partial charge is 0.346 e. The van der Waals surface area contributed by atoms with Crippen LogP contribution in [0.3, 0.4) is 0 Å². The van der Waals surface area contributed by atoms with Gasteiger partial charge in [0, 0.05) is 0 Å². The third-order valence-corrected chi connectivity index (χ3v) is 2.21. The first-order valence-corrected chi connectivity index (χ1v) is 5.07. The lowest BCUT2D eigenvalue weighted by Gasteiger charge is -2.13. The molecule has 0 aliphatic heterocycles. The molecule has 0 saturated heterocycles. The SMILES string of the molecule is COC(=O)C(C)Oc1ccc(C(C)O)cc1. The monoisotopic (exact) mass is 224 g/mol. The molecule has 0 saturated carbocycles. The Labute approximate surface area is 94.8 Å². The van der Waals surface area contributed by atoms with Gasteiger partial charge < -0.3 is 14.6 Å². The average molecular weight is 224 g/mol. The van der Waals surface area contributed by atoms with Crippen LogP contribution in [-0.2, 0) is 9.53 Å². The Morgan fingerprint density at radius 3 is 2.25 bits per heavy atom. The number of aliphatic hydroxyl groups is 1. The summed E-state index contributed by atoms with van der Waals surface area (Å²) in [6.45, 7) is 3.31. The number of rotatable bonds is 4. The van der Waals surface area contributed by atoms with Gasteiger partial charge >= 0.3 is 5.97 Å². The van der Waals surface area contributed by atoms with Crippen molar-refractivity contribution >= 4 is 5.97 Å². The summed E-state index contributed by atoms with van der Waals surface area (Å²) >= 11 is 0. The zero-order valence-electron chi connectivity index (χ0n) is 9.64. The maximum atomic E-state index is 11.1. The molecule has 1 N–H and O–H groups in total. The Morgan fingerprint density at radius 2 is 1.81 bits per heavy atom. The fourth-order valence-corrected chi connectivity index (χ4v) is 1.24. The fourth-order valence-electron chi connectivity index (χ4n) is 1.24. The summed E-state index contributed by atoms with van der Waals surface area (Å²) in [4.78, 5) is 11.1. The molecule has 0 aromatic heterocycles. The van der Waals surface area contributed by atoms with Gasteiger partial charge in [0.15, 0.2) is 6.10 Å². The lowest BCUT2D eigenvalue weighted by molar-refractivity contribution is -0.147. The van der Waals surface area contributed by atoms with Crippen LogP contribution in [0.1, 0.15) is 25.5 Å². The molecule has 0 amide bonds. The van der Waals surface area contributed by atoms with Crippen LogP contribution in [0.25, 0.3) is 0 Å². The summed E-state index contributed by atoms with van der Waals surface area (Å²) in [6, 6.07) is 6.93. The van der Waals surface area contributed by atoms with Crippen molar-refractivity contribution < 1.29 is 19.4 Å². The molecule has 2 atom stereocenters. The fraction of sp³-hybridized carbons (Fsp3) is 0.417. The normalized spacial score (nSPS) is 14.0. The molecule has 1 aromatic carbocycles. The summed E-state index contributed by atoms with van der Waals surface area (Å²) in [5, 5.41) is 9.31. The maximum Gasteiger partial charge on any atom is 0.346 e. The van der Waals surface area contributed by atoms with E-state index in [2.05, 4.69) is 4.74 Å². The van der Waals surface area contributed by atoms with Crippen molar-refractivity contribution in [3.8, 4) is 5.75 Å². The van der Waals surface area contributed by atoms with Crippen molar-refractivity contribution in [2.75, 3.05) is 7.11 Å². The van der Waals surface area contributed by atoms with Crippen LogP contribution in [0.5, 0.6) is 5.75 Å². The Morgan fingerprint density at radius 1 is 1.25 bits per heavy atom. The summed E-state index contributed by atoms with van der Waals surface area (Å²) in [5.41, 5.74) is 0.804. The van der Waals surface area contributed by atoms with Crippen molar-refractivity contribution in [2.45, 2.75) is 26.1 Å². The molecule has 0 spiro atoms. The van der Waals surface area contributed by atoms with E-state index >= 15 is 0 Å². The third kappa shape index (κ3) is 3.24. The van der Waals surface area contributed by atoms with E-state index < -0.39 is 18.2 Å². The van der Waals surface area contributed by atoms with Crippen LogP contribution < -0.4 is 4.74 Å². The van der Waals surface area contributed by atoms with Gasteiger partial charge in [0.25, 0.3) is 0 Å². The third-order valence-electron chi connectivity index (χ3n) is 2.21. The zero-order chi connectivity index (χ0) is 12.1. The average Bonchev–Trinajstić information content (AvgIpc) is 2.28. The molecule has 0 heterocycles. The quantitative estimate of drug-likeness (QED) is 0.790. The van der Waals surface area contributed by atoms with Crippen LogP contribution in [0.4, 0.5) is 0 Å². The molecular formula is C12H16O4. The van der Waals surface area contributed by atoms with Gasteiger partial charge in [-0.25, -0.2) is 4.79 Å². The second-order valence-corrected chi connectivity index (χ2v) is 3.53. The molecule has 88 valence electrons. The van der Waals surface area contributed by atoms with E-state index in [1.807, 2.05) is 0 Å². The predicted octanol–water partition coefficient (Wildman–Crippen LogP) is 1.68. The van der Waals surface area contributed by atoms with Gasteiger partial charge in [-0.1, -0.05) is 12.1 Å². The molecule has 4 heteroatoms. The zero-order valence-corrected chi connectivity index (χ0v) is 9.64. The topological polar surface area (TPSA) is 55.8 Å². The maximum absolute atomic E-state index is 11.1. The van der Waals surface area contributed by atoms with Crippen molar-refractivity contribution in [3.63, 3.8) is 0 Å². The summed E-state index contributed by atoms with van der Waals surface area (Å²) in [5.74, 6) is 0.155. The Balaban J connectivity index is 2.65. The van der Waals surface area contributed by atoms with Gasteiger partial charge in [-0.2, -0.15) is 0 Å². The van der Waals surface area contributed by atoms with E-state index in [1.165, 1.54) is 7.11 Å². The first-order valence-electron chi connectivity index (χ1n) is 5.07. The van der Waals surface area contributed by atoms with E-state index in [-0.39, 0.29) is 0 Å². The lowest BCUT2D eigenvalue weighted by atomic mass is 10.1. The highest BCUT2D eigenvalue weighted by molar-refractivity contribution is 5.74. The lowest BCUT2D eigenvalue weighted by Crippen LogP contribution is -2.24. The summed E-state index contributed by atoms with van der Waals surface area (Å²) in [7, 11) is 1.32. The van der Waals surface area contributed by atoms with E-state index in [4.69, 9.17) is 4.74 Å². The number of aliphatic hydroxyl groups excluding tert-OH is 1. The van der Waals surface area contributed by atoms with E-state index in [1.54, 1.807) is 38.1 Å². The number of esters is 1. The van der Waals surface area contributed by atoms with Gasteiger partial charge in [-0.15, -0.1) is 0 Å². The number of carbonyl (C=O) groups excluding carboxylic acids is 1. The van der Waals surface area contributed by atoms with E-state index in [9.17, 15) is 9.90 Å². The second kappa shape index (κ2) is 5.51. The Kier molecular flexibility index (Phi) is 4.31. The first-order chi connectivity index (χ1) is 7.54. The van der Waals surface area contributed by atoms with Crippen molar-refractivity contribution in [1.29, 1.82) is 0 Å². The Hall–Kier alpha value is -1.55. The molecule has 2 unspecified atom stereocenters. The number of benzene rings is 1. The summed E-state index contributed by atoms with van der Waals surface area (Å²) in [6.07, 6.45) is -1.14. The molecule has 1 aromatic rings. The highest BCUT2D eigenvalue weighted by atomic mass is 16.6. The number of hydrogen-bond donors (Lipinski definition) is 1. The van der Waals surface area contributed by atoms with Gasteiger partial charge in [-0.05, 0) is 31.5 Å². The van der Waals surface area contributed by atoms with Crippen molar-refractivity contribution in [1.82, 2.24) is 0 Å². The summed E-state index contributed by atoms with van der Waals surface area (Å²) < 4.78 is 9.89. The molecule has 0 fully saturated rings. The van der Waals surface area contributed by atoms with Crippen molar-refractivity contribution in [2.24, 2.45) is 0 Å². The minimum Gasteiger partial charge on any atom is -0.479 e. The van der Waals surface area contributed by atoms with Gasteiger partial charge in [-0.3, -0.25) is 0 Å². The molecule has 4 nitrogen and oxygen atoms in total. The van der Waals surface area contributed by atoms with Crippen LogP contribution >= 0.6 is 0 Å². The standard InChI is InChI=1S/C12H16O4/c1-8(13)10-4-6-11(7-5-10)16-9(2)12(14)15-3/h4-9,13H,1-3H3. The second-order valence-electron chi connectivity index (χ2n) is 3.53. The van der Waals surface area contributed by atoms with Crippen LogP contribution in [-0.4, -0.2) is 24.3 Å². The van der Waals surface area contributed by atoms with Crippen LogP contribution in [0, 0.1) is 0 Å². The predicted molar refractivity (Wildman–Crippen MR) is 59.2 cm³/mol. The van der Waals surface area contributed by atoms with Crippen LogP contribution in [0.15, 0.2) is 24.3 Å². The highest BCUT2D eigenvalue weighted by Crippen LogP contribution is 2.18. The van der Waals surface area contributed by atoms with Gasteiger partial charge in [0.1, 0.15) is 5.75 Å². The molecule has 0 aliphatic rings. The van der Waals surface area contributed by atoms with Gasteiger partial charge in [0.05, 0.1) is 13.2 Å². The number of ether oxygens (including phenoxy) is 2. The largest absolute Gasteiger partial charge is 0.479 e. The minimum atomic E-state index is -0.637. The molecule has 0 aliphatic carbocycles. The minimum absolute atomic E-state index is 0.417. The molecule has 16 heavy (non-hydrogen) atoms. The molecular weight excluding hydrogens is 208 g/mol. The van der Waals surface area contributed by atoms with Gasteiger partial charge in [0.2, 0.25) is 0 Å². The highest BCUT2D eigenvalue weighted by Gasteiger charge is 2.14. The van der Waals surface area contributed by atoms with E-state index in [0.29, 0.717) is 5.75 Å². The number of methoxy groups -OCH3 is 1.